The standard InChI is InChI=1S/C19H19N5/c1-2-10-21-18-13-17(16-6-4-3-5-7-16)23-19(24-18)22-14-15-8-11-20-12-9-15/h2-9,11-13H,1,10,14H2,(H2,21,22,23,24). The van der Waals surface area contributed by atoms with Crippen molar-refractivity contribution in [2.75, 3.05) is 17.2 Å². The molecule has 0 unspecified atom stereocenters. The zero-order valence-corrected chi connectivity index (χ0v) is 13.3. The van der Waals surface area contributed by atoms with Crippen LogP contribution in [0.3, 0.4) is 0 Å². The lowest BCUT2D eigenvalue weighted by Crippen LogP contribution is -2.08. The molecule has 2 aromatic heterocycles. The molecule has 0 aliphatic carbocycles. The van der Waals surface area contributed by atoms with Gasteiger partial charge in [0.1, 0.15) is 5.82 Å². The average molecular weight is 317 g/mol. The zero-order chi connectivity index (χ0) is 16.6. The Balaban J connectivity index is 1.85. The van der Waals surface area contributed by atoms with E-state index in [4.69, 9.17) is 0 Å². The molecule has 2 heterocycles. The monoisotopic (exact) mass is 317 g/mol. The van der Waals surface area contributed by atoms with Crippen LogP contribution in [0.4, 0.5) is 11.8 Å². The van der Waals surface area contributed by atoms with Crippen LogP contribution in [0, 0.1) is 0 Å². The summed E-state index contributed by atoms with van der Waals surface area (Å²) in [7, 11) is 0. The van der Waals surface area contributed by atoms with Crippen LogP contribution in [0.25, 0.3) is 11.3 Å². The molecule has 0 aliphatic heterocycles. The summed E-state index contributed by atoms with van der Waals surface area (Å²) in [6, 6.07) is 15.9. The van der Waals surface area contributed by atoms with E-state index in [1.807, 2.05) is 48.5 Å². The Labute approximate surface area is 141 Å². The molecule has 0 aliphatic rings. The fraction of sp³-hybridized carbons (Fsp3) is 0.105. The minimum Gasteiger partial charge on any atom is -0.366 e. The maximum atomic E-state index is 4.62. The number of hydrogen-bond donors (Lipinski definition) is 2. The fourth-order valence-corrected chi connectivity index (χ4v) is 2.23. The molecule has 0 spiro atoms. The molecule has 3 aromatic rings. The number of benzene rings is 1. The molecular weight excluding hydrogens is 298 g/mol. The van der Waals surface area contributed by atoms with Crippen LogP contribution in [0.2, 0.25) is 0 Å². The molecule has 0 atom stereocenters. The van der Waals surface area contributed by atoms with Crippen LogP contribution < -0.4 is 10.6 Å². The zero-order valence-electron chi connectivity index (χ0n) is 13.3. The predicted molar refractivity (Wildman–Crippen MR) is 97.7 cm³/mol. The van der Waals surface area contributed by atoms with E-state index >= 15 is 0 Å². The number of anilines is 2. The molecule has 0 radical (unpaired) electrons. The maximum absolute atomic E-state index is 4.62. The van der Waals surface area contributed by atoms with Crippen molar-refractivity contribution in [2.45, 2.75) is 6.54 Å². The van der Waals surface area contributed by atoms with Crippen molar-refractivity contribution in [3.05, 3.63) is 79.1 Å². The van der Waals surface area contributed by atoms with E-state index in [1.165, 1.54) is 0 Å². The summed E-state index contributed by atoms with van der Waals surface area (Å²) >= 11 is 0. The van der Waals surface area contributed by atoms with Crippen molar-refractivity contribution >= 4 is 11.8 Å². The van der Waals surface area contributed by atoms with E-state index in [0.717, 1.165) is 22.6 Å². The summed E-state index contributed by atoms with van der Waals surface area (Å²) in [4.78, 5) is 13.2. The number of nitrogens with one attached hydrogen (secondary N) is 2. The van der Waals surface area contributed by atoms with E-state index < -0.39 is 0 Å². The largest absolute Gasteiger partial charge is 0.366 e. The van der Waals surface area contributed by atoms with E-state index in [2.05, 4.69) is 32.2 Å². The molecule has 0 saturated carbocycles. The lowest BCUT2D eigenvalue weighted by molar-refractivity contribution is 1.05. The third-order valence-electron chi connectivity index (χ3n) is 3.42. The van der Waals surface area contributed by atoms with Gasteiger partial charge in [0.25, 0.3) is 0 Å². The first kappa shape index (κ1) is 15.7. The van der Waals surface area contributed by atoms with Gasteiger partial charge in [-0.3, -0.25) is 4.98 Å². The van der Waals surface area contributed by atoms with Gasteiger partial charge < -0.3 is 10.6 Å². The van der Waals surface area contributed by atoms with Gasteiger partial charge in [0, 0.05) is 37.1 Å². The van der Waals surface area contributed by atoms with E-state index in [1.54, 1.807) is 18.5 Å². The second kappa shape index (κ2) is 7.87. The topological polar surface area (TPSA) is 62.7 Å². The van der Waals surface area contributed by atoms with Crippen LogP contribution in [0.15, 0.2) is 73.6 Å². The molecule has 0 amide bonds. The summed E-state index contributed by atoms with van der Waals surface area (Å²) in [5.74, 6) is 1.35. The molecule has 0 bridgehead atoms. The quantitative estimate of drug-likeness (QED) is 0.650. The van der Waals surface area contributed by atoms with Crippen molar-refractivity contribution in [3.8, 4) is 11.3 Å². The van der Waals surface area contributed by atoms with Crippen molar-refractivity contribution in [1.29, 1.82) is 0 Å². The number of aromatic nitrogens is 3. The molecule has 2 N–H and O–H groups in total. The Hall–Kier alpha value is -3.21. The highest BCUT2D eigenvalue weighted by Crippen LogP contribution is 2.21. The molecule has 0 fully saturated rings. The number of pyridine rings is 1. The van der Waals surface area contributed by atoms with Crippen LogP contribution >= 0.6 is 0 Å². The first-order valence-electron chi connectivity index (χ1n) is 7.77. The van der Waals surface area contributed by atoms with Crippen molar-refractivity contribution in [3.63, 3.8) is 0 Å². The van der Waals surface area contributed by atoms with E-state index in [0.29, 0.717) is 19.0 Å². The van der Waals surface area contributed by atoms with Gasteiger partial charge in [0.05, 0.1) is 5.69 Å². The van der Waals surface area contributed by atoms with Gasteiger partial charge in [0.15, 0.2) is 0 Å². The highest BCUT2D eigenvalue weighted by atomic mass is 15.1. The van der Waals surface area contributed by atoms with Gasteiger partial charge in [0.2, 0.25) is 5.95 Å². The molecular formula is C19H19N5. The molecule has 5 heteroatoms. The van der Waals surface area contributed by atoms with Crippen molar-refractivity contribution < 1.29 is 0 Å². The molecule has 24 heavy (non-hydrogen) atoms. The van der Waals surface area contributed by atoms with Gasteiger partial charge in [-0.2, -0.15) is 4.98 Å². The second-order valence-electron chi connectivity index (χ2n) is 5.21. The van der Waals surface area contributed by atoms with Crippen LogP contribution in [0.1, 0.15) is 5.56 Å². The maximum Gasteiger partial charge on any atom is 0.225 e. The Morgan fingerprint density at radius 3 is 2.50 bits per heavy atom. The molecule has 5 nitrogen and oxygen atoms in total. The van der Waals surface area contributed by atoms with E-state index in [9.17, 15) is 0 Å². The number of rotatable bonds is 7. The summed E-state index contributed by atoms with van der Waals surface area (Å²) in [5.41, 5.74) is 3.04. The minimum atomic E-state index is 0.583. The highest BCUT2D eigenvalue weighted by Gasteiger charge is 2.06. The Morgan fingerprint density at radius 1 is 0.958 bits per heavy atom. The van der Waals surface area contributed by atoms with Gasteiger partial charge in [-0.15, -0.1) is 6.58 Å². The Bertz CT molecular complexity index is 787. The number of hydrogen-bond acceptors (Lipinski definition) is 5. The SMILES string of the molecule is C=CCNc1cc(-c2ccccc2)nc(NCc2ccncc2)n1. The van der Waals surface area contributed by atoms with Crippen LogP contribution in [-0.2, 0) is 6.54 Å². The van der Waals surface area contributed by atoms with Gasteiger partial charge in [-0.1, -0.05) is 36.4 Å². The average Bonchev–Trinajstić information content (AvgIpc) is 2.66. The van der Waals surface area contributed by atoms with Gasteiger partial charge >= 0.3 is 0 Å². The van der Waals surface area contributed by atoms with Crippen molar-refractivity contribution in [2.24, 2.45) is 0 Å². The predicted octanol–water partition coefficient (Wildman–Crippen LogP) is 3.75. The highest BCUT2D eigenvalue weighted by molar-refractivity contribution is 5.64. The first-order valence-corrected chi connectivity index (χ1v) is 7.77. The van der Waals surface area contributed by atoms with Crippen LogP contribution in [0.5, 0.6) is 0 Å². The third-order valence-corrected chi connectivity index (χ3v) is 3.42. The third kappa shape index (κ3) is 4.16. The minimum absolute atomic E-state index is 0.583. The smallest absolute Gasteiger partial charge is 0.225 e. The molecule has 3 rings (SSSR count). The summed E-state index contributed by atoms with van der Waals surface area (Å²) in [5, 5.41) is 6.50. The van der Waals surface area contributed by atoms with Gasteiger partial charge in [-0.05, 0) is 17.7 Å². The molecule has 1 aromatic carbocycles. The summed E-state index contributed by atoms with van der Waals surface area (Å²) in [6.07, 6.45) is 5.35. The van der Waals surface area contributed by atoms with Crippen molar-refractivity contribution in [1.82, 2.24) is 15.0 Å². The van der Waals surface area contributed by atoms with Gasteiger partial charge in [-0.25, -0.2) is 4.98 Å². The number of nitrogens with zero attached hydrogens (tertiary/aromatic N) is 3. The second-order valence-corrected chi connectivity index (χ2v) is 5.21. The Kier molecular flexibility index (Phi) is 5.14. The van der Waals surface area contributed by atoms with E-state index in [-0.39, 0.29) is 0 Å². The fourth-order valence-electron chi connectivity index (χ4n) is 2.23. The Morgan fingerprint density at radius 2 is 1.75 bits per heavy atom. The molecule has 120 valence electrons. The normalized spacial score (nSPS) is 10.2. The van der Waals surface area contributed by atoms with Crippen LogP contribution in [-0.4, -0.2) is 21.5 Å². The summed E-state index contributed by atoms with van der Waals surface area (Å²) < 4.78 is 0. The summed E-state index contributed by atoms with van der Waals surface area (Å²) in [6.45, 7) is 5.02. The molecule has 0 saturated heterocycles. The lowest BCUT2D eigenvalue weighted by Gasteiger charge is -2.11. The first-order chi connectivity index (χ1) is 11.8. The lowest BCUT2D eigenvalue weighted by atomic mass is 10.1.